The zero-order valence-corrected chi connectivity index (χ0v) is 6.03. The number of aromatic amines is 1. The Kier molecular flexibility index (Phi) is 1.18. The van der Waals surface area contributed by atoms with Crippen LogP contribution in [0.2, 0.25) is 0 Å². The number of aromatic nitrogens is 2. The molecule has 3 nitrogen and oxygen atoms in total. The lowest BCUT2D eigenvalue weighted by molar-refractivity contribution is 1.03. The van der Waals surface area contributed by atoms with E-state index in [9.17, 15) is 0 Å². The highest BCUT2D eigenvalue weighted by atomic mass is 32.2. The number of hydrogen-bond donors (Lipinski definition) is 1. The average Bonchev–Trinajstić information content (AvgIpc) is 2.44. The lowest BCUT2D eigenvalue weighted by atomic mass is 10.2. The summed E-state index contributed by atoms with van der Waals surface area (Å²) >= 11 is 1.82. The van der Waals surface area contributed by atoms with Gasteiger partial charge in [-0.3, -0.25) is 5.10 Å². The van der Waals surface area contributed by atoms with Gasteiger partial charge in [-0.15, -0.1) is 0 Å². The van der Waals surface area contributed by atoms with Gasteiger partial charge >= 0.3 is 0 Å². The normalized spacial score (nSPS) is 14.7. The first kappa shape index (κ1) is 5.81. The van der Waals surface area contributed by atoms with Crippen LogP contribution in [-0.4, -0.2) is 10.2 Å². The van der Waals surface area contributed by atoms with Crippen LogP contribution < -0.4 is 0 Å². The van der Waals surface area contributed by atoms with Crippen molar-refractivity contribution in [2.24, 2.45) is 0 Å². The molecular formula is C6H5N3S. The molecule has 2 heterocycles. The molecule has 0 aliphatic carbocycles. The van der Waals surface area contributed by atoms with E-state index in [0.29, 0.717) is 5.69 Å². The number of fused-ring (bicyclic) bond motifs is 1. The summed E-state index contributed by atoms with van der Waals surface area (Å²) in [7, 11) is 0. The highest BCUT2D eigenvalue weighted by Crippen LogP contribution is 2.29. The van der Waals surface area contributed by atoms with Gasteiger partial charge in [-0.2, -0.15) is 22.1 Å². The summed E-state index contributed by atoms with van der Waals surface area (Å²) < 4.78 is 0. The van der Waals surface area contributed by atoms with Crippen molar-refractivity contribution in [3.63, 3.8) is 0 Å². The van der Waals surface area contributed by atoms with E-state index in [-0.39, 0.29) is 0 Å². The van der Waals surface area contributed by atoms with Crippen molar-refractivity contribution in [3.05, 3.63) is 17.0 Å². The van der Waals surface area contributed by atoms with Gasteiger partial charge in [0, 0.05) is 17.1 Å². The summed E-state index contributed by atoms with van der Waals surface area (Å²) in [5, 5.41) is 15.2. The fourth-order valence-electron chi connectivity index (χ4n) is 1.02. The molecule has 50 valence electrons. The Labute approximate surface area is 62.4 Å². The standard InChI is InChI=1S/C6H5N3S/c7-1-5-4-2-10-3-6(4)9-8-5/h2-3H2,(H,8,9). The molecule has 10 heavy (non-hydrogen) atoms. The highest BCUT2D eigenvalue weighted by molar-refractivity contribution is 7.98. The molecule has 1 aliphatic heterocycles. The molecule has 0 aromatic carbocycles. The van der Waals surface area contributed by atoms with Crippen LogP contribution in [0.3, 0.4) is 0 Å². The Hall–Kier alpha value is -0.950. The van der Waals surface area contributed by atoms with E-state index in [1.807, 2.05) is 11.8 Å². The maximum atomic E-state index is 8.55. The van der Waals surface area contributed by atoms with Gasteiger partial charge in [0.05, 0.1) is 5.69 Å². The third-order valence-corrected chi connectivity index (χ3v) is 2.54. The minimum Gasteiger partial charge on any atom is -0.280 e. The predicted molar refractivity (Wildman–Crippen MR) is 38.3 cm³/mol. The third kappa shape index (κ3) is 0.642. The lowest BCUT2D eigenvalue weighted by Gasteiger charge is -1.81. The molecule has 0 amide bonds. The van der Waals surface area contributed by atoms with Crippen molar-refractivity contribution >= 4 is 11.8 Å². The first-order chi connectivity index (χ1) is 4.92. The quantitative estimate of drug-likeness (QED) is 0.602. The molecule has 0 saturated carbocycles. The van der Waals surface area contributed by atoms with Crippen molar-refractivity contribution in [2.45, 2.75) is 11.5 Å². The molecule has 0 fully saturated rings. The van der Waals surface area contributed by atoms with Gasteiger partial charge in [0.15, 0.2) is 5.69 Å². The van der Waals surface area contributed by atoms with Crippen LogP contribution >= 0.6 is 11.8 Å². The zero-order chi connectivity index (χ0) is 6.97. The Morgan fingerprint density at radius 3 is 3.30 bits per heavy atom. The highest BCUT2D eigenvalue weighted by Gasteiger charge is 2.17. The van der Waals surface area contributed by atoms with Gasteiger partial charge in [0.1, 0.15) is 6.07 Å². The van der Waals surface area contributed by atoms with Crippen molar-refractivity contribution in [1.82, 2.24) is 10.2 Å². The number of rotatable bonds is 0. The summed E-state index contributed by atoms with van der Waals surface area (Å²) in [6.07, 6.45) is 0. The maximum Gasteiger partial charge on any atom is 0.166 e. The van der Waals surface area contributed by atoms with Crippen LogP contribution in [0.15, 0.2) is 0 Å². The van der Waals surface area contributed by atoms with Crippen LogP contribution in [0.4, 0.5) is 0 Å². The van der Waals surface area contributed by atoms with Crippen molar-refractivity contribution in [3.8, 4) is 6.07 Å². The van der Waals surface area contributed by atoms with E-state index < -0.39 is 0 Å². The first-order valence-corrected chi connectivity index (χ1v) is 4.11. The SMILES string of the molecule is N#Cc1n[nH]c2c1CSC2. The van der Waals surface area contributed by atoms with Gasteiger partial charge in [0.25, 0.3) is 0 Å². The third-order valence-electron chi connectivity index (χ3n) is 1.55. The summed E-state index contributed by atoms with van der Waals surface area (Å²) in [6, 6.07) is 2.05. The van der Waals surface area contributed by atoms with Crippen molar-refractivity contribution in [2.75, 3.05) is 0 Å². The molecule has 2 rings (SSSR count). The van der Waals surface area contributed by atoms with Gasteiger partial charge in [-0.1, -0.05) is 0 Å². The second-order valence-corrected chi connectivity index (χ2v) is 3.12. The number of thioether (sulfide) groups is 1. The molecular weight excluding hydrogens is 146 g/mol. The fourth-order valence-corrected chi connectivity index (χ4v) is 2.08. The van der Waals surface area contributed by atoms with E-state index >= 15 is 0 Å². The molecule has 0 saturated heterocycles. The molecule has 0 atom stereocenters. The van der Waals surface area contributed by atoms with Gasteiger partial charge in [0.2, 0.25) is 0 Å². The fraction of sp³-hybridized carbons (Fsp3) is 0.333. The number of H-pyrrole nitrogens is 1. The lowest BCUT2D eigenvalue weighted by Crippen LogP contribution is -1.78. The molecule has 0 bridgehead atoms. The summed E-state index contributed by atoms with van der Waals surface area (Å²) in [4.78, 5) is 0. The second kappa shape index (κ2) is 2.03. The van der Waals surface area contributed by atoms with Gasteiger partial charge < -0.3 is 0 Å². The molecule has 0 unspecified atom stereocenters. The Morgan fingerprint density at radius 2 is 2.50 bits per heavy atom. The van der Waals surface area contributed by atoms with Crippen molar-refractivity contribution in [1.29, 1.82) is 5.26 Å². The van der Waals surface area contributed by atoms with Crippen LogP contribution in [-0.2, 0) is 11.5 Å². The Morgan fingerprint density at radius 1 is 1.60 bits per heavy atom. The first-order valence-electron chi connectivity index (χ1n) is 2.96. The molecule has 1 aromatic rings. The zero-order valence-electron chi connectivity index (χ0n) is 5.22. The maximum absolute atomic E-state index is 8.55. The summed E-state index contributed by atoms with van der Waals surface area (Å²) in [5.74, 6) is 1.92. The second-order valence-electron chi connectivity index (χ2n) is 2.13. The van der Waals surface area contributed by atoms with E-state index in [2.05, 4.69) is 16.3 Å². The molecule has 1 N–H and O–H groups in total. The molecule has 1 aromatic heterocycles. The van der Waals surface area contributed by atoms with Crippen LogP contribution in [0.5, 0.6) is 0 Å². The van der Waals surface area contributed by atoms with E-state index in [0.717, 1.165) is 22.8 Å². The minimum atomic E-state index is 0.569. The average molecular weight is 151 g/mol. The Balaban J connectivity index is 2.57. The smallest absolute Gasteiger partial charge is 0.166 e. The Bertz CT molecular complexity index is 296. The van der Waals surface area contributed by atoms with E-state index in [1.165, 1.54) is 0 Å². The number of nitrogens with zero attached hydrogens (tertiary/aromatic N) is 2. The van der Waals surface area contributed by atoms with Crippen LogP contribution in [0.25, 0.3) is 0 Å². The van der Waals surface area contributed by atoms with Gasteiger partial charge in [-0.25, -0.2) is 0 Å². The molecule has 1 aliphatic rings. The minimum absolute atomic E-state index is 0.569. The van der Waals surface area contributed by atoms with Crippen LogP contribution in [0, 0.1) is 11.3 Å². The molecule has 0 spiro atoms. The van der Waals surface area contributed by atoms with Gasteiger partial charge in [-0.05, 0) is 0 Å². The van der Waals surface area contributed by atoms with Crippen LogP contribution in [0.1, 0.15) is 17.0 Å². The summed E-state index contributed by atoms with van der Waals surface area (Å²) in [6.45, 7) is 0. The largest absolute Gasteiger partial charge is 0.280 e. The number of hydrogen-bond acceptors (Lipinski definition) is 3. The number of nitrogens with one attached hydrogen (secondary N) is 1. The number of nitriles is 1. The van der Waals surface area contributed by atoms with Crippen molar-refractivity contribution < 1.29 is 0 Å². The topological polar surface area (TPSA) is 52.5 Å². The molecule has 4 heteroatoms. The molecule has 0 radical (unpaired) electrons. The summed E-state index contributed by atoms with van der Waals surface area (Å²) in [5.41, 5.74) is 2.80. The monoisotopic (exact) mass is 151 g/mol. The van der Waals surface area contributed by atoms with E-state index in [4.69, 9.17) is 5.26 Å². The van der Waals surface area contributed by atoms with E-state index in [1.54, 1.807) is 0 Å². The predicted octanol–water partition coefficient (Wildman–Crippen LogP) is 1.03.